The van der Waals surface area contributed by atoms with E-state index in [1.54, 1.807) is 6.92 Å². The number of carbonyl (C=O) groups is 1. The Kier molecular flexibility index (Phi) is 8.33. The lowest BCUT2D eigenvalue weighted by molar-refractivity contribution is -0.260. The summed E-state index contributed by atoms with van der Waals surface area (Å²) in [5.74, 6) is -0.721. The molecule has 3 unspecified atom stereocenters. The molecule has 0 saturated carbocycles. The quantitative estimate of drug-likeness (QED) is 0.384. The highest BCUT2D eigenvalue weighted by atomic mass is 35.5. The van der Waals surface area contributed by atoms with Crippen LogP contribution in [0.5, 0.6) is 5.75 Å². The Labute approximate surface area is 195 Å². The van der Waals surface area contributed by atoms with Crippen LogP contribution in [0.3, 0.4) is 0 Å². The Balaban J connectivity index is 1.84. The molecule has 1 aromatic heterocycles. The van der Waals surface area contributed by atoms with Gasteiger partial charge < -0.3 is 39.4 Å². The lowest BCUT2D eigenvalue weighted by Gasteiger charge is -2.40. The maximum Gasteiger partial charge on any atom is 0.336 e. The lowest BCUT2D eigenvalue weighted by Crippen LogP contribution is -2.56. The van der Waals surface area contributed by atoms with Gasteiger partial charge in [0.15, 0.2) is 0 Å². The average molecular weight is 485 g/mol. The molecule has 10 nitrogen and oxygen atoms in total. The molecule has 1 aromatic carbocycles. The molecule has 0 bridgehead atoms. The van der Waals surface area contributed by atoms with E-state index in [-0.39, 0.29) is 35.3 Å². The van der Waals surface area contributed by atoms with Gasteiger partial charge in [-0.1, -0.05) is 18.5 Å². The fourth-order valence-corrected chi connectivity index (χ4v) is 3.83. The second-order valence-electron chi connectivity index (χ2n) is 8.38. The molecule has 1 fully saturated rings. The second kappa shape index (κ2) is 10.8. The van der Waals surface area contributed by atoms with E-state index in [4.69, 9.17) is 25.5 Å². The van der Waals surface area contributed by atoms with Gasteiger partial charge in [0.2, 0.25) is 12.2 Å². The first-order valence-corrected chi connectivity index (χ1v) is 10.9. The van der Waals surface area contributed by atoms with Gasteiger partial charge in [0.25, 0.3) is 0 Å². The molecule has 5 atom stereocenters. The van der Waals surface area contributed by atoms with E-state index in [1.807, 2.05) is 19.0 Å². The molecule has 1 aliphatic heterocycles. The summed E-state index contributed by atoms with van der Waals surface area (Å²) in [6.07, 6.45) is -4.67. The third-order valence-electron chi connectivity index (χ3n) is 5.60. The number of nitrogens with one attached hydrogen (secondary N) is 1. The maximum absolute atomic E-state index is 12.3. The van der Waals surface area contributed by atoms with Crippen molar-refractivity contribution in [3.05, 3.63) is 39.2 Å². The Hall–Kier alpha value is -2.21. The normalized spacial score (nSPS) is 25.4. The number of halogens is 1. The third kappa shape index (κ3) is 6.03. The molecule has 4 N–H and O–H groups in total. The molecule has 0 radical (unpaired) electrons. The van der Waals surface area contributed by atoms with Gasteiger partial charge in [0, 0.05) is 36.5 Å². The van der Waals surface area contributed by atoms with Crippen molar-refractivity contribution in [1.29, 1.82) is 0 Å². The standard InChI is InChI=1S/C22H29ClN2O8/c1-11-17(10-26)33-22(21(30)20(11)29)32-16-9-15-13(8-14(16)23)12(7-19(28)31-15)6-18(27)24-4-5-25(2)3/h7-9,11,17,20-22,26,29-30H,4-6,10H2,1-3H3,(H,24,27)/t11-,17?,20?,21?,22-/m1/s1. The molecule has 1 aliphatic rings. The van der Waals surface area contributed by atoms with Crippen molar-refractivity contribution in [2.45, 2.75) is 37.9 Å². The van der Waals surface area contributed by atoms with Crippen molar-refractivity contribution in [1.82, 2.24) is 10.2 Å². The Bertz CT molecular complexity index is 1040. The van der Waals surface area contributed by atoms with Crippen LogP contribution in [-0.4, -0.2) is 84.5 Å². The molecule has 1 saturated heterocycles. The highest BCUT2D eigenvalue weighted by Crippen LogP contribution is 2.34. The molecule has 2 heterocycles. The molecule has 2 aromatic rings. The number of aliphatic hydroxyl groups is 3. The summed E-state index contributed by atoms with van der Waals surface area (Å²) in [6.45, 7) is 2.41. The van der Waals surface area contributed by atoms with Crippen molar-refractivity contribution in [3.63, 3.8) is 0 Å². The summed E-state index contributed by atoms with van der Waals surface area (Å²) in [5, 5.41) is 33.4. The Morgan fingerprint density at radius 2 is 1.97 bits per heavy atom. The SMILES string of the molecule is C[C@@H]1C(CO)O[C@@H](Oc2cc3oc(=O)cc(CC(=O)NCCN(C)C)c3cc2Cl)C(O)C1O. The molecule has 3 rings (SSSR count). The number of carbonyl (C=O) groups excluding carboxylic acids is 1. The minimum atomic E-state index is -1.39. The van der Waals surface area contributed by atoms with Gasteiger partial charge >= 0.3 is 5.63 Å². The smallest absolute Gasteiger partial charge is 0.336 e. The number of hydrogen-bond donors (Lipinski definition) is 4. The van der Waals surface area contributed by atoms with Crippen molar-refractivity contribution in [2.75, 3.05) is 33.8 Å². The maximum atomic E-state index is 12.3. The molecule has 11 heteroatoms. The molecule has 182 valence electrons. The van der Waals surface area contributed by atoms with Gasteiger partial charge in [-0.25, -0.2) is 4.79 Å². The van der Waals surface area contributed by atoms with E-state index in [0.29, 0.717) is 24.0 Å². The number of rotatable bonds is 8. The lowest BCUT2D eigenvalue weighted by atomic mass is 9.91. The number of hydrogen-bond acceptors (Lipinski definition) is 9. The third-order valence-corrected chi connectivity index (χ3v) is 5.90. The monoisotopic (exact) mass is 484 g/mol. The number of fused-ring (bicyclic) bond motifs is 1. The van der Waals surface area contributed by atoms with E-state index in [9.17, 15) is 24.9 Å². The summed E-state index contributed by atoms with van der Waals surface area (Å²) in [7, 11) is 3.79. The van der Waals surface area contributed by atoms with Gasteiger partial charge in [0.05, 0.1) is 30.3 Å². The molecule has 33 heavy (non-hydrogen) atoms. The van der Waals surface area contributed by atoms with Crippen molar-refractivity contribution >= 4 is 28.5 Å². The number of ether oxygens (including phenoxy) is 2. The number of nitrogens with zero attached hydrogens (tertiary/aromatic N) is 1. The van der Waals surface area contributed by atoms with E-state index in [0.717, 1.165) is 0 Å². The van der Waals surface area contributed by atoms with Crippen LogP contribution in [0.1, 0.15) is 12.5 Å². The Morgan fingerprint density at radius 3 is 2.64 bits per heavy atom. The molecular weight excluding hydrogens is 456 g/mol. The van der Waals surface area contributed by atoms with Gasteiger partial charge in [-0.3, -0.25) is 4.79 Å². The van der Waals surface area contributed by atoms with Crippen molar-refractivity contribution < 1.29 is 34.0 Å². The minimum absolute atomic E-state index is 0.0429. The van der Waals surface area contributed by atoms with E-state index in [1.165, 1.54) is 18.2 Å². The van der Waals surface area contributed by atoms with Crippen LogP contribution in [-0.2, 0) is 16.0 Å². The van der Waals surface area contributed by atoms with Crippen LogP contribution in [0.15, 0.2) is 27.4 Å². The number of aliphatic hydroxyl groups excluding tert-OH is 3. The van der Waals surface area contributed by atoms with Gasteiger partial charge in [-0.05, 0) is 25.7 Å². The van der Waals surface area contributed by atoms with Gasteiger partial charge in [-0.15, -0.1) is 0 Å². The fourth-order valence-electron chi connectivity index (χ4n) is 3.62. The zero-order chi connectivity index (χ0) is 24.3. The highest BCUT2D eigenvalue weighted by Gasteiger charge is 2.43. The molecular formula is C22H29ClN2O8. The van der Waals surface area contributed by atoms with Crippen LogP contribution in [0, 0.1) is 5.92 Å². The van der Waals surface area contributed by atoms with Gasteiger partial charge in [0.1, 0.15) is 17.4 Å². The first kappa shape index (κ1) is 25.4. The number of likely N-dealkylation sites (N-methyl/N-ethyl adjacent to an activating group) is 1. The highest BCUT2D eigenvalue weighted by molar-refractivity contribution is 6.32. The predicted molar refractivity (Wildman–Crippen MR) is 120 cm³/mol. The number of benzene rings is 1. The summed E-state index contributed by atoms with van der Waals surface area (Å²) < 4.78 is 16.5. The van der Waals surface area contributed by atoms with E-state index < -0.39 is 36.1 Å². The summed E-state index contributed by atoms with van der Waals surface area (Å²) in [5.41, 5.74) is -0.0723. The average Bonchev–Trinajstić information content (AvgIpc) is 2.74. The second-order valence-corrected chi connectivity index (χ2v) is 8.79. The first-order chi connectivity index (χ1) is 15.6. The van der Waals surface area contributed by atoms with Crippen LogP contribution in [0.25, 0.3) is 11.0 Å². The van der Waals surface area contributed by atoms with Crippen molar-refractivity contribution in [3.8, 4) is 5.75 Å². The topological polar surface area (TPSA) is 142 Å². The summed E-state index contributed by atoms with van der Waals surface area (Å²) in [6, 6.07) is 4.10. The van der Waals surface area contributed by atoms with Crippen LogP contribution < -0.4 is 15.7 Å². The zero-order valence-corrected chi connectivity index (χ0v) is 19.4. The molecule has 1 amide bonds. The summed E-state index contributed by atoms with van der Waals surface area (Å²) in [4.78, 5) is 26.3. The van der Waals surface area contributed by atoms with Crippen LogP contribution >= 0.6 is 11.6 Å². The van der Waals surface area contributed by atoms with Crippen LogP contribution in [0.2, 0.25) is 5.02 Å². The Morgan fingerprint density at radius 1 is 1.24 bits per heavy atom. The fraction of sp³-hybridized carbons (Fsp3) is 0.545. The number of amides is 1. The van der Waals surface area contributed by atoms with Gasteiger partial charge in [-0.2, -0.15) is 0 Å². The summed E-state index contributed by atoms with van der Waals surface area (Å²) >= 11 is 6.37. The van der Waals surface area contributed by atoms with E-state index in [2.05, 4.69) is 5.32 Å². The van der Waals surface area contributed by atoms with Crippen molar-refractivity contribution in [2.24, 2.45) is 5.92 Å². The molecule has 0 aliphatic carbocycles. The van der Waals surface area contributed by atoms with E-state index >= 15 is 0 Å². The first-order valence-electron chi connectivity index (χ1n) is 10.6. The largest absolute Gasteiger partial charge is 0.460 e. The molecule has 0 spiro atoms. The van der Waals surface area contributed by atoms with Crippen LogP contribution in [0.4, 0.5) is 0 Å². The minimum Gasteiger partial charge on any atom is -0.460 e. The zero-order valence-electron chi connectivity index (χ0n) is 18.7. The predicted octanol–water partition coefficient (Wildman–Crippen LogP) is 0.121.